The standard InChI is InChI=1S/C14H27N3O2/c1-10(14(18)15-6-7-19-3)16-11-8-12-4-5-13(9-11)17(12)2/h10-13,16H,4-9H2,1-3H3,(H,15,18). The average Bonchev–Trinajstić information content (AvgIpc) is 2.62. The highest BCUT2D eigenvalue weighted by Crippen LogP contribution is 2.34. The second kappa shape index (κ2) is 6.68. The van der Waals surface area contributed by atoms with Gasteiger partial charge in [-0.05, 0) is 39.7 Å². The predicted molar refractivity (Wildman–Crippen MR) is 75.1 cm³/mol. The number of amides is 1. The van der Waals surface area contributed by atoms with Crippen molar-refractivity contribution in [2.75, 3.05) is 27.3 Å². The van der Waals surface area contributed by atoms with Gasteiger partial charge in [-0.25, -0.2) is 0 Å². The Morgan fingerprint density at radius 3 is 2.58 bits per heavy atom. The average molecular weight is 269 g/mol. The number of rotatable bonds is 6. The van der Waals surface area contributed by atoms with Crippen molar-refractivity contribution in [3.63, 3.8) is 0 Å². The molecule has 0 aromatic rings. The second-order valence-electron chi connectivity index (χ2n) is 5.89. The van der Waals surface area contributed by atoms with Gasteiger partial charge in [-0.15, -0.1) is 0 Å². The van der Waals surface area contributed by atoms with Crippen molar-refractivity contribution >= 4 is 5.91 Å². The number of nitrogens with one attached hydrogen (secondary N) is 2. The zero-order chi connectivity index (χ0) is 13.8. The van der Waals surface area contributed by atoms with Crippen LogP contribution in [0.15, 0.2) is 0 Å². The normalized spacial score (nSPS) is 32.3. The number of hydrogen-bond donors (Lipinski definition) is 2. The van der Waals surface area contributed by atoms with E-state index in [9.17, 15) is 4.79 Å². The van der Waals surface area contributed by atoms with E-state index in [1.165, 1.54) is 25.7 Å². The Morgan fingerprint density at radius 2 is 2.00 bits per heavy atom. The Morgan fingerprint density at radius 1 is 1.37 bits per heavy atom. The van der Waals surface area contributed by atoms with Crippen LogP contribution in [0.4, 0.5) is 0 Å². The smallest absolute Gasteiger partial charge is 0.236 e. The summed E-state index contributed by atoms with van der Waals surface area (Å²) < 4.78 is 4.93. The van der Waals surface area contributed by atoms with Gasteiger partial charge in [0.15, 0.2) is 0 Å². The fraction of sp³-hybridized carbons (Fsp3) is 0.929. The summed E-state index contributed by atoms with van der Waals surface area (Å²) in [5.41, 5.74) is 0. The zero-order valence-electron chi connectivity index (χ0n) is 12.3. The first-order chi connectivity index (χ1) is 9.11. The first-order valence-corrected chi connectivity index (χ1v) is 7.36. The summed E-state index contributed by atoms with van der Waals surface area (Å²) in [5.74, 6) is 0.0725. The minimum absolute atomic E-state index is 0.0725. The van der Waals surface area contributed by atoms with E-state index in [0.717, 1.165) is 0 Å². The molecule has 0 aromatic heterocycles. The molecule has 2 aliphatic heterocycles. The van der Waals surface area contributed by atoms with E-state index in [4.69, 9.17) is 4.74 Å². The molecule has 2 saturated heterocycles. The third-order valence-electron chi connectivity index (χ3n) is 4.58. The molecule has 0 aromatic carbocycles. The van der Waals surface area contributed by atoms with Crippen LogP contribution in [0.5, 0.6) is 0 Å². The van der Waals surface area contributed by atoms with E-state index in [1.54, 1.807) is 7.11 Å². The van der Waals surface area contributed by atoms with E-state index in [2.05, 4.69) is 22.6 Å². The first kappa shape index (κ1) is 14.8. The van der Waals surface area contributed by atoms with Crippen molar-refractivity contribution in [3.8, 4) is 0 Å². The van der Waals surface area contributed by atoms with Gasteiger partial charge in [0.1, 0.15) is 0 Å². The largest absolute Gasteiger partial charge is 0.383 e. The summed E-state index contributed by atoms with van der Waals surface area (Å²) in [5, 5.41) is 6.37. The van der Waals surface area contributed by atoms with Crippen LogP contribution >= 0.6 is 0 Å². The Hall–Kier alpha value is -0.650. The van der Waals surface area contributed by atoms with Crippen molar-refractivity contribution in [1.29, 1.82) is 0 Å². The Bertz CT molecular complexity index is 297. The van der Waals surface area contributed by atoms with Crippen LogP contribution in [0, 0.1) is 0 Å². The highest BCUT2D eigenvalue weighted by Gasteiger charge is 2.38. The molecule has 19 heavy (non-hydrogen) atoms. The number of ether oxygens (including phenoxy) is 1. The highest BCUT2D eigenvalue weighted by molar-refractivity contribution is 5.81. The van der Waals surface area contributed by atoms with Crippen molar-refractivity contribution in [2.24, 2.45) is 0 Å². The summed E-state index contributed by atoms with van der Waals surface area (Å²) in [6.07, 6.45) is 4.97. The lowest BCUT2D eigenvalue weighted by Gasteiger charge is -2.37. The van der Waals surface area contributed by atoms with Gasteiger partial charge in [-0.2, -0.15) is 0 Å². The molecule has 110 valence electrons. The number of fused-ring (bicyclic) bond motifs is 2. The maximum atomic E-state index is 11.9. The minimum atomic E-state index is -0.121. The van der Waals surface area contributed by atoms with Crippen LogP contribution in [0.3, 0.4) is 0 Å². The van der Waals surface area contributed by atoms with Gasteiger partial charge in [-0.3, -0.25) is 4.79 Å². The second-order valence-corrected chi connectivity index (χ2v) is 5.89. The maximum absolute atomic E-state index is 11.9. The number of nitrogens with zero attached hydrogens (tertiary/aromatic N) is 1. The summed E-state index contributed by atoms with van der Waals surface area (Å²) in [7, 11) is 3.88. The molecular weight excluding hydrogens is 242 g/mol. The third kappa shape index (κ3) is 3.68. The van der Waals surface area contributed by atoms with E-state index in [0.29, 0.717) is 31.3 Å². The van der Waals surface area contributed by atoms with Crippen molar-refractivity contribution in [2.45, 2.75) is 56.8 Å². The summed E-state index contributed by atoms with van der Waals surface area (Å²) >= 11 is 0. The molecule has 0 spiro atoms. The minimum Gasteiger partial charge on any atom is -0.383 e. The van der Waals surface area contributed by atoms with Crippen molar-refractivity contribution in [1.82, 2.24) is 15.5 Å². The molecule has 5 heteroatoms. The molecular formula is C14H27N3O2. The topological polar surface area (TPSA) is 53.6 Å². The van der Waals surface area contributed by atoms with Crippen molar-refractivity contribution < 1.29 is 9.53 Å². The molecule has 2 rings (SSSR count). The summed E-state index contributed by atoms with van der Waals surface area (Å²) in [4.78, 5) is 14.4. The van der Waals surface area contributed by atoms with Gasteiger partial charge in [0.2, 0.25) is 5.91 Å². The van der Waals surface area contributed by atoms with Gasteiger partial charge in [0.25, 0.3) is 0 Å². The number of methoxy groups -OCH3 is 1. The number of carbonyl (C=O) groups excluding carboxylic acids is 1. The molecule has 2 heterocycles. The highest BCUT2D eigenvalue weighted by atomic mass is 16.5. The molecule has 3 unspecified atom stereocenters. The zero-order valence-corrected chi connectivity index (χ0v) is 12.3. The molecule has 2 aliphatic rings. The van der Waals surface area contributed by atoms with Crippen LogP contribution in [0.2, 0.25) is 0 Å². The number of carbonyl (C=O) groups is 1. The monoisotopic (exact) mass is 269 g/mol. The van der Waals surface area contributed by atoms with Crippen LogP contribution in [-0.2, 0) is 9.53 Å². The molecule has 0 saturated carbocycles. The molecule has 1 amide bonds. The SMILES string of the molecule is COCCNC(=O)C(C)NC1CC2CCC(C1)N2C. The number of hydrogen-bond acceptors (Lipinski definition) is 4. The molecule has 3 atom stereocenters. The molecule has 2 fully saturated rings. The lowest BCUT2D eigenvalue weighted by atomic mass is 9.97. The lowest BCUT2D eigenvalue weighted by Crippen LogP contribution is -2.53. The lowest BCUT2D eigenvalue weighted by molar-refractivity contribution is -0.123. The Labute approximate surface area is 116 Å². The van der Waals surface area contributed by atoms with Crippen LogP contribution in [0.1, 0.15) is 32.6 Å². The van der Waals surface area contributed by atoms with Gasteiger partial charge in [0, 0.05) is 31.8 Å². The maximum Gasteiger partial charge on any atom is 0.236 e. The van der Waals surface area contributed by atoms with Gasteiger partial charge >= 0.3 is 0 Å². The Kier molecular flexibility index (Phi) is 5.19. The van der Waals surface area contributed by atoms with Crippen molar-refractivity contribution in [3.05, 3.63) is 0 Å². The summed E-state index contributed by atoms with van der Waals surface area (Å²) in [6, 6.07) is 1.78. The molecule has 5 nitrogen and oxygen atoms in total. The fourth-order valence-electron chi connectivity index (χ4n) is 3.41. The molecule has 0 aliphatic carbocycles. The van der Waals surface area contributed by atoms with Gasteiger partial charge in [0.05, 0.1) is 12.6 Å². The number of piperidine rings is 1. The van der Waals surface area contributed by atoms with Crippen LogP contribution in [-0.4, -0.2) is 62.3 Å². The molecule has 2 bridgehead atoms. The van der Waals surface area contributed by atoms with E-state index in [-0.39, 0.29) is 11.9 Å². The molecule has 2 N–H and O–H groups in total. The van der Waals surface area contributed by atoms with Crippen LogP contribution < -0.4 is 10.6 Å². The third-order valence-corrected chi connectivity index (χ3v) is 4.58. The molecule has 0 radical (unpaired) electrons. The predicted octanol–water partition coefficient (Wildman–Crippen LogP) is 0.352. The van der Waals surface area contributed by atoms with Crippen LogP contribution in [0.25, 0.3) is 0 Å². The fourth-order valence-corrected chi connectivity index (χ4v) is 3.41. The van der Waals surface area contributed by atoms with Gasteiger partial charge in [-0.1, -0.05) is 0 Å². The summed E-state index contributed by atoms with van der Waals surface area (Å²) in [6.45, 7) is 3.10. The van der Waals surface area contributed by atoms with E-state index < -0.39 is 0 Å². The quantitative estimate of drug-likeness (QED) is 0.683. The van der Waals surface area contributed by atoms with E-state index >= 15 is 0 Å². The van der Waals surface area contributed by atoms with E-state index in [1.807, 2.05) is 6.92 Å². The first-order valence-electron chi connectivity index (χ1n) is 7.36. The van der Waals surface area contributed by atoms with Gasteiger partial charge < -0.3 is 20.3 Å². The Balaban J connectivity index is 1.74.